The molecule has 5 rings (SSSR count). The standard InChI is InChI=1S/C36H41ClF3N7O6/c1-3-21-4-12-25(13-5-21)41-30(50)28(48)17-16-27(31(51)52-2)43-29(49)22-6-14-26(15-7-22)42-32-44-33(46-34(45-32)53-20-36(38,39)40)47-35(18-19-35)23-8-10-24(37)11-9-23/h6-11,14-15,21,25,27H,3-5,12-13,16-20H2,1-2H3,(H,41,50)(H,43,49)(H2,42,44,45,46,47)/t21?,25?,27-/m0/s1. The van der Waals surface area contributed by atoms with E-state index < -0.39 is 53.9 Å². The van der Waals surface area contributed by atoms with Crippen LogP contribution < -0.4 is 26.0 Å². The van der Waals surface area contributed by atoms with Gasteiger partial charge in [-0.05, 0) is 92.8 Å². The highest BCUT2D eigenvalue weighted by Crippen LogP contribution is 2.48. The van der Waals surface area contributed by atoms with Crippen LogP contribution in [-0.4, -0.2) is 70.5 Å². The largest absolute Gasteiger partial charge is 0.467 e. The van der Waals surface area contributed by atoms with Gasteiger partial charge >= 0.3 is 18.2 Å². The third-order valence-electron chi connectivity index (χ3n) is 9.34. The molecule has 3 aromatic rings. The van der Waals surface area contributed by atoms with Gasteiger partial charge in [0.05, 0.1) is 12.6 Å². The molecule has 0 unspecified atom stereocenters. The van der Waals surface area contributed by atoms with Gasteiger partial charge in [-0.2, -0.15) is 28.1 Å². The predicted octanol–water partition coefficient (Wildman–Crippen LogP) is 6.02. The molecule has 53 heavy (non-hydrogen) atoms. The van der Waals surface area contributed by atoms with Gasteiger partial charge in [-0.25, -0.2) is 4.79 Å². The highest BCUT2D eigenvalue weighted by Gasteiger charge is 2.45. The summed E-state index contributed by atoms with van der Waals surface area (Å²) >= 11 is 6.03. The monoisotopic (exact) mass is 759 g/mol. The van der Waals surface area contributed by atoms with Crippen LogP contribution in [0, 0.1) is 5.92 Å². The van der Waals surface area contributed by atoms with E-state index in [1.54, 1.807) is 12.1 Å². The van der Waals surface area contributed by atoms with E-state index in [1.165, 1.54) is 24.3 Å². The van der Waals surface area contributed by atoms with Crippen LogP contribution in [0.2, 0.25) is 5.02 Å². The molecule has 0 radical (unpaired) electrons. The maximum absolute atomic E-state index is 13.1. The van der Waals surface area contributed by atoms with Crippen molar-refractivity contribution in [3.8, 4) is 6.01 Å². The van der Waals surface area contributed by atoms with Crippen molar-refractivity contribution in [2.75, 3.05) is 24.4 Å². The van der Waals surface area contributed by atoms with Gasteiger partial charge in [0.25, 0.3) is 11.8 Å². The zero-order chi connectivity index (χ0) is 38.2. The normalized spacial score (nSPS) is 18.2. The fraction of sp³-hybridized carbons (Fsp3) is 0.472. The summed E-state index contributed by atoms with van der Waals surface area (Å²) < 4.78 is 48.5. The van der Waals surface area contributed by atoms with E-state index in [-0.39, 0.29) is 36.3 Å². The number of aromatic nitrogens is 3. The van der Waals surface area contributed by atoms with Crippen LogP contribution >= 0.6 is 11.6 Å². The molecular formula is C36H41ClF3N7O6. The lowest BCUT2D eigenvalue weighted by atomic mass is 9.84. The number of esters is 1. The van der Waals surface area contributed by atoms with Crippen molar-refractivity contribution in [2.24, 2.45) is 5.92 Å². The SMILES string of the molecule is CCC1CCC(NC(=O)C(=O)CC[C@H](NC(=O)c2ccc(Nc3nc(NC4(c5ccc(Cl)cc5)CC4)nc(OCC(F)(F)F)n3)cc2)C(=O)OC)CC1. The Kier molecular flexibility index (Phi) is 12.7. The minimum atomic E-state index is -4.63. The molecule has 2 fully saturated rings. The van der Waals surface area contributed by atoms with Crippen LogP contribution in [0.3, 0.4) is 0 Å². The Balaban J connectivity index is 1.21. The molecule has 2 aliphatic rings. The molecule has 0 saturated heterocycles. The third-order valence-corrected chi connectivity index (χ3v) is 9.60. The summed E-state index contributed by atoms with van der Waals surface area (Å²) in [6, 6.07) is 11.2. The van der Waals surface area contributed by atoms with E-state index in [0.29, 0.717) is 29.5 Å². The van der Waals surface area contributed by atoms with E-state index in [9.17, 15) is 32.3 Å². The van der Waals surface area contributed by atoms with Crippen molar-refractivity contribution >= 4 is 52.8 Å². The van der Waals surface area contributed by atoms with Crippen LogP contribution in [0.5, 0.6) is 6.01 Å². The number of rotatable bonds is 16. The number of nitrogens with zero attached hydrogens (tertiary/aromatic N) is 3. The number of methoxy groups -OCH3 is 1. The van der Waals surface area contributed by atoms with Crippen LogP contribution in [0.15, 0.2) is 48.5 Å². The van der Waals surface area contributed by atoms with Crippen molar-refractivity contribution in [2.45, 2.75) is 88.5 Å². The molecule has 17 heteroatoms. The molecule has 4 N–H and O–H groups in total. The molecule has 0 spiro atoms. The molecular weight excluding hydrogens is 719 g/mol. The highest BCUT2D eigenvalue weighted by atomic mass is 35.5. The number of carbonyl (C=O) groups excluding carboxylic acids is 4. The Bertz CT molecular complexity index is 1770. The van der Waals surface area contributed by atoms with E-state index in [2.05, 4.69) is 43.1 Å². The number of Topliss-reactive ketones (excluding diaryl/α,β-unsaturated/α-hetero) is 1. The number of carbonyl (C=O) groups is 4. The van der Waals surface area contributed by atoms with Crippen molar-refractivity contribution in [3.05, 3.63) is 64.7 Å². The fourth-order valence-electron chi connectivity index (χ4n) is 6.11. The summed E-state index contributed by atoms with van der Waals surface area (Å²) in [5.74, 6) is -2.35. The Morgan fingerprint density at radius 1 is 0.943 bits per heavy atom. The average Bonchev–Trinajstić information content (AvgIpc) is 3.92. The number of benzene rings is 2. The lowest BCUT2D eigenvalue weighted by molar-refractivity contribution is -0.154. The molecule has 284 valence electrons. The smallest absolute Gasteiger partial charge is 0.422 e. The van der Waals surface area contributed by atoms with Crippen molar-refractivity contribution in [3.63, 3.8) is 0 Å². The summed E-state index contributed by atoms with van der Waals surface area (Å²) in [7, 11) is 1.15. The zero-order valence-corrected chi connectivity index (χ0v) is 30.0. The van der Waals surface area contributed by atoms with Crippen LogP contribution in [0.25, 0.3) is 0 Å². The number of hydrogen-bond acceptors (Lipinski definition) is 11. The summed E-state index contributed by atoms with van der Waals surface area (Å²) in [5.41, 5.74) is 0.856. The molecule has 13 nitrogen and oxygen atoms in total. The first kappa shape index (κ1) is 39.2. The minimum absolute atomic E-state index is 0.0213. The first-order valence-electron chi connectivity index (χ1n) is 17.3. The number of ether oxygens (including phenoxy) is 2. The third kappa shape index (κ3) is 11.2. The first-order chi connectivity index (χ1) is 25.3. The number of nitrogens with one attached hydrogen (secondary N) is 4. The van der Waals surface area contributed by atoms with Gasteiger partial charge < -0.3 is 30.7 Å². The minimum Gasteiger partial charge on any atom is -0.467 e. The number of alkyl halides is 3. The van der Waals surface area contributed by atoms with Gasteiger partial charge in [0, 0.05) is 28.7 Å². The lowest BCUT2D eigenvalue weighted by Gasteiger charge is -2.28. The lowest BCUT2D eigenvalue weighted by Crippen LogP contribution is -2.44. The Morgan fingerprint density at radius 3 is 2.21 bits per heavy atom. The van der Waals surface area contributed by atoms with Gasteiger partial charge in [0.2, 0.25) is 17.7 Å². The number of halogens is 4. The van der Waals surface area contributed by atoms with E-state index in [1.807, 2.05) is 12.1 Å². The molecule has 1 aromatic heterocycles. The zero-order valence-electron chi connectivity index (χ0n) is 29.2. The first-order valence-corrected chi connectivity index (χ1v) is 17.7. The molecule has 1 heterocycles. The summed E-state index contributed by atoms with van der Waals surface area (Å²) in [6.07, 6.45) is 1.06. The maximum Gasteiger partial charge on any atom is 0.422 e. The second kappa shape index (κ2) is 17.2. The fourth-order valence-corrected chi connectivity index (χ4v) is 6.24. The maximum atomic E-state index is 13.1. The van der Waals surface area contributed by atoms with Gasteiger partial charge in [-0.1, -0.05) is 37.1 Å². The van der Waals surface area contributed by atoms with E-state index >= 15 is 0 Å². The van der Waals surface area contributed by atoms with Gasteiger partial charge in [-0.3, -0.25) is 14.4 Å². The molecule has 1 atom stereocenters. The van der Waals surface area contributed by atoms with Crippen LogP contribution in [-0.2, 0) is 24.7 Å². The molecule has 2 amide bonds. The number of anilines is 3. The molecule has 0 bridgehead atoms. The summed E-state index contributed by atoms with van der Waals surface area (Å²) in [4.78, 5) is 63.0. The molecule has 2 saturated carbocycles. The molecule has 2 aliphatic carbocycles. The van der Waals surface area contributed by atoms with Gasteiger partial charge in [0.1, 0.15) is 6.04 Å². The van der Waals surface area contributed by atoms with Crippen LogP contribution in [0.1, 0.15) is 80.6 Å². The van der Waals surface area contributed by atoms with E-state index in [0.717, 1.165) is 44.8 Å². The van der Waals surface area contributed by atoms with E-state index in [4.69, 9.17) is 21.1 Å². The predicted molar refractivity (Wildman–Crippen MR) is 189 cm³/mol. The Hall–Kier alpha value is -4.99. The average molecular weight is 760 g/mol. The Morgan fingerprint density at radius 2 is 1.60 bits per heavy atom. The van der Waals surface area contributed by atoms with Gasteiger partial charge in [0.15, 0.2) is 6.61 Å². The van der Waals surface area contributed by atoms with Crippen LogP contribution in [0.4, 0.5) is 30.8 Å². The number of ketones is 1. The Labute approximate surface area is 309 Å². The molecule has 0 aliphatic heterocycles. The van der Waals surface area contributed by atoms with Crippen molar-refractivity contribution < 1.29 is 41.8 Å². The quantitative estimate of drug-likeness (QED) is 0.0994. The highest BCUT2D eigenvalue weighted by molar-refractivity contribution is 6.36. The van der Waals surface area contributed by atoms with Crippen molar-refractivity contribution in [1.82, 2.24) is 25.6 Å². The number of hydrogen-bond donors (Lipinski definition) is 4. The summed E-state index contributed by atoms with van der Waals surface area (Å²) in [5, 5.41) is 12.0. The molecule has 2 aromatic carbocycles. The van der Waals surface area contributed by atoms with Gasteiger partial charge in [-0.15, -0.1) is 0 Å². The topological polar surface area (TPSA) is 174 Å². The summed E-state index contributed by atoms with van der Waals surface area (Å²) in [6.45, 7) is 0.521. The van der Waals surface area contributed by atoms with Crippen molar-refractivity contribution in [1.29, 1.82) is 0 Å². The number of amides is 2. The second-order valence-electron chi connectivity index (χ2n) is 13.2. The second-order valence-corrected chi connectivity index (χ2v) is 13.6.